The molecule has 6 heteroatoms. The van der Waals surface area contributed by atoms with Crippen LogP contribution in [0.3, 0.4) is 0 Å². The SMILES string of the molecule is C=COCCCCC(C(=O)O)C(CCCCOC=C)C(=O)O. The second-order valence-electron chi connectivity index (χ2n) is 4.96. The van der Waals surface area contributed by atoms with Crippen molar-refractivity contribution in [3.63, 3.8) is 0 Å². The Morgan fingerprint density at radius 3 is 1.45 bits per heavy atom. The fraction of sp³-hybridized carbons (Fsp3) is 0.625. The molecular weight excluding hydrogens is 288 g/mol. The third kappa shape index (κ3) is 9.05. The molecular formula is C16H26O6. The first-order valence-electron chi connectivity index (χ1n) is 7.45. The Labute approximate surface area is 131 Å². The van der Waals surface area contributed by atoms with E-state index in [0.717, 1.165) is 0 Å². The van der Waals surface area contributed by atoms with Crippen LogP contribution in [0.25, 0.3) is 0 Å². The molecule has 0 aromatic carbocycles. The van der Waals surface area contributed by atoms with Gasteiger partial charge in [0.25, 0.3) is 0 Å². The Morgan fingerprint density at radius 1 is 0.818 bits per heavy atom. The summed E-state index contributed by atoms with van der Waals surface area (Å²) in [5.74, 6) is -3.86. The van der Waals surface area contributed by atoms with Crippen LogP contribution in [0.5, 0.6) is 0 Å². The predicted molar refractivity (Wildman–Crippen MR) is 82.3 cm³/mol. The minimum Gasteiger partial charge on any atom is -0.502 e. The third-order valence-electron chi connectivity index (χ3n) is 3.41. The molecule has 2 N–H and O–H groups in total. The van der Waals surface area contributed by atoms with E-state index >= 15 is 0 Å². The van der Waals surface area contributed by atoms with Gasteiger partial charge in [0.1, 0.15) is 0 Å². The Kier molecular flexibility index (Phi) is 11.6. The minimum atomic E-state index is -1.06. The van der Waals surface area contributed by atoms with E-state index in [1.54, 1.807) is 0 Å². The number of hydrogen-bond acceptors (Lipinski definition) is 4. The highest BCUT2D eigenvalue weighted by molar-refractivity contribution is 5.79. The first-order valence-corrected chi connectivity index (χ1v) is 7.45. The van der Waals surface area contributed by atoms with Crippen LogP contribution in [-0.4, -0.2) is 35.4 Å². The summed E-state index contributed by atoms with van der Waals surface area (Å²) in [6, 6.07) is 0. The van der Waals surface area contributed by atoms with Gasteiger partial charge < -0.3 is 19.7 Å². The van der Waals surface area contributed by atoms with Crippen molar-refractivity contribution in [1.82, 2.24) is 0 Å². The van der Waals surface area contributed by atoms with Gasteiger partial charge in [-0.2, -0.15) is 0 Å². The van der Waals surface area contributed by atoms with Crippen molar-refractivity contribution >= 4 is 11.9 Å². The molecule has 2 atom stereocenters. The molecule has 0 aliphatic heterocycles. The topological polar surface area (TPSA) is 93.1 Å². The highest BCUT2D eigenvalue weighted by Gasteiger charge is 2.32. The number of carboxylic acid groups (broad SMARTS) is 2. The van der Waals surface area contributed by atoms with Gasteiger partial charge in [0.05, 0.1) is 37.6 Å². The Balaban J connectivity index is 4.35. The third-order valence-corrected chi connectivity index (χ3v) is 3.41. The fourth-order valence-corrected chi connectivity index (χ4v) is 2.26. The van der Waals surface area contributed by atoms with Gasteiger partial charge in [-0.3, -0.25) is 9.59 Å². The van der Waals surface area contributed by atoms with Gasteiger partial charge in [0.15, 0.2) is 0 Å². The molecule has 0 fully saturated rings. The van der Waals surface area contributed by atoms with Crippen LogP contribution < -0.4 is 0 Å². The van der Waals surface area contributed by atoms with Crippen LogP contribution in [-0.2, 0) is 19.1 Å². The number of carbonyl (C=O) groups is 2. The largest absolute Gasteiger partial charge is 0.502 e. The molecule has 6 nitrogen and oxygen atoms in total. The van der Waals surface area contributed by atoms with Crippen LogP contribution in [0, 0.1) is 11.8 Å². The van der Waals surface area contributed by atoms with Crippen LogP contribution in [0.4, 0.5) is 0 Å². The van der Waals surface area contributed by atoms with Gasteiger partial charge in [-0.05, 0) is 38.5 Å². The van der Waals surface area contributed by atoms with E-state index in [4.69, 9.17) is 9.47 Å². The second-order valence-corrected chi connectivity index (χ2v) is 4.96. The molecule has 0 amide bonds. The summed E-state index contributed by atoms with van der Waals surface area (Å²) in [7, 11) is 0. The van der Waals surface area contributed by atoms with Gasteiger partial charge in [0.2, 0.25) is 0 Å². The summed E-state index contributed by atoms with van der Waals surface area (Å²) in [4.78, 5) is 22.7. The zero-order valence-electron chi connectivity index (χ0n) is 12.9. The molecule has 0 spiro atoms. The van der Waals surface area contributed by atoms with E-state index in [0.29, 0.717) is 51.7 Å². The highest BCUT2D eigenvalue weighted by atomic mass is 16.5. The average Bonchev–Trinajstić information content (AvgIpc) is 2.47. The molecule has 2 unspecified atom stereocenters. The zero-order valence-corrected chi connectivity index (χ0v) is 12.9. The van der Waals surface area contributed by atoms with Crippen LogP contribution in [0.15, 0.2) is 25.7 Å². The monoisotopic (exact) mass is 314 g/mol. The lowest BCUT2D eigenvalue weighted by atomic mass is 9.84. The summed E-state index contributed by atoms with van der Waals surface area (Å²) in [5.41, 5.74) is 0. The van der Waals surface area contributed by atoms with E-state index in [9.17, 15) is 19.8 Å². The van der Waals surface area contributed by atoms with E-state index in [2.05, 4.69) is 13.2 Å². The molecule has 0 aliphatic carbocycles. The molecule has 22 heavy (non-hydrogen) atoms. The van der Waals surface area contributed by atoms with Crippen LogP contribution in [0.2, 0.25) is 0 Å². The highest BCUT2D eigenvalue weighted by Crippen LogP contribution is 2.25. The summed E-state index contributed by atoms with van der Waals surface area (Å²) in [6.07, 6.45) is 5.89. The maximum absolute atomic E-state index is 11.4. The van der Waals surface area contributed by atoms with Gasteiger partial charge in [-0.25, -0.2) is 0 Å². The maximum Gasteiger partial charge on any atom is 0.307 e. The van der Waals surface area contributed by atoms with Crippen molar-refractivity contribution in [2.75, 3.05) is 13.2 Å². The number of carboxylic acids is 2. The number of rotatable bonds is 15. The molecule has 0 rings (SSSR count). The van der Waals surface area contributed by atoms with E-state index in [-0.39, 0.29) is 0 Å². The van der Waals surface area contributed by atoms with Crippen molar-refractivity contribution in [1.29, 1.82) is 0 Å². The fourth-order valence-electron chi connectivity index (χ4n) is 2.26. The molecule has 0 heterocycles. The van der Waals surface area contributed by atoms with Gasteiger partial charge in [0, 0.05) is 0 Å². The standard InChI is InChI=1S/C16H26O6/c1-3-21-11-7-5-9-13(15(17)18)14(16(19)20)10-6-8-12-22-4-2/h3-4,13-14H,1-2,5-12H2,(H,17,18)(H,19,20). The quantitative estimate of drug-likeness (QED) is 0.356. The number of unbranched alkanes of at least 4 members (excludes halogenated alkanes) is 2. The number of ether oxygens (including phenoxy) is 2. The lowest BCUT2D eigenvalue weighted by Crippen LogP contribution is -2.30. The summed E-state index contributed by atoms with van der Waals surface area (Å²) < 4.78 is 9.93. The molecule has 0 aromatic rings. The van der Waals surface area contributed by atoms with E-state index in [1.165, 1.54) is 12.5 Å². The first kappa shape index (κ1) is 20.0. The Morgan fingerprint density at radius 2 is 1.18 bits per heavy atom. The summed E-state index contributed by atoms with van der Waals surface area (Å²) >= 11 is 0. The van der Waals surface area contributed by atoms with E-state index < -0.39 is 23.8 Å². The maximum atomic E-state index is 11.4. The smallest absolute Gasteiger partial charge is 0.307 e. The molecule has 0 radical (unpaired) electrons. The van der Waals surface area contributed by atoms with Gasteiger partial charge >= 0.3 is 11.9 Å². The summed E-state index contributed by atoms with van der Waals surface area (Å²) in [5, 5.41) is 18.6. The molecule has 0 saturated carbocycles. The first-order chi connectivity index (χ1) is 10.5. The van der Waals surface area contributed by atoms with Crippen molar-refractivity contribution in [2.24, 2.45) is 11.8 Å². The van der Waals surface area contributed by atoms with Crippen molar-refractivity contribution in [3.05, 3.63) is 25.7 Å². The number of hydrogen-bond donors (Lipinski definition) is 2. The average molecular weight is 314 g/mol. The van der Waals surface area contributed by atoms with E-state index in [1.807, 2.05) is 0 Å². The van der Waals surface area contributed by atoms with Gasteiger partial charge in [-0.15, -0.1) is 0 Å². The zero-order chi connectivity index (χ0) is 16.8. The van der Waals surface area contributed by atoms with Gasteiger partial charge in [-0.1, -0.05) is 13.2 Å². The van der Waals surface area contributed by atoms with Crippen molar-refractivity contribution < 1.29 is 29.3 Å². The Hall–Kier alpha value is -1.98. The van der Waals surface area contributed by atoms with Crippen molar-refractivity contribution in [2.45, 2.75) is 38.5 Å². The minimum absolute atomic E-state index is 0.329. The molecule has 0 saturated heterocycles. The van der Waals surface area contributed by atoms with Crippen molar-refractivity contribution in [3.8, 4) is 0 Å². The molecule has 0 bridgehead atoms. The van der Waals surface area contributed by atoms with Crippen LogP contribution in [0.1, 0.15) is 38.5 Å². The lowest BCUT2D eigenvalue weighted by molar-refractivity contribution is -0.154. The van der Waals surface area contributed by atoms with Crippen LogP contribution >= 0.6 is 0 Å². The lowest BCUT2D eigenvalue weighted by Gasteiger charge is -2.20. The number of aliphatic carboxylic acids is 2. The molecule has 126 valence electrons. The predicted octanol–water partition coefficient (Wildman–Crippen LogP) is 3.05. The second kappa shape index (κ2) is 12.7. The molecule has 0 aliphatic rings. The Bertz CT molecular complexity index is 319. The molecule has 0 aromatic heterocycles. The normalized spacial score (nSPS) is 12.9. The summed E-state index contributed by atoms with van der Waals surface area (Å²) in [6.45, 7) is 7.76.